The molecule has 0 saturated carbocycles. The molecule has 9 heavy (non-hydrogen) atoms. The van der Waals surface area contributed by atoms with E-state index in [1.54, 1.807) is 24.3 Å². The number of benzene rings is 1. The molecule has 3 nitrogen and oxygen atoms in total. The molecule has 0 unspecified atom stereocenters. The van der Waals surface area contributed by atoms with Gasteiger partial charge in [0.1, 0.15) is 5.75 Å². The minimum Gasteiger partial charge on any atom is -0.508 e. The number of phenolic OH excluding ortho intramolecular Hbond substituents is 1. The highest BCUT2D eigenvalue weighted by Crippen LogP contribution is 2.02. The molecule has 1 aromatic rings. The van der Waals surface area contributed by atoms with Crippen molar-refractivity contribution < 1.29 is 15.6 Å². The molecule has 0 aliphatic heterocycles. The van der Waals surface area contributed by atoms with Crippen molar-refractivity contribution >= 4 is 0 Å². The van der Waals surface area contributed by atoms with E-state index in [-0.39, 0.29) is 0 Å². The molecular weight excluding hydrogens is 120 g/mol. The van der Waals surface area contributed by atoms with E-state index in [0.717, 1.165) is 0 Å². The van der Waals surface area contributed by atoms with Crippen LogP contribution in [0.4, 0.5) is 0 Å². The zero-order valence-electron chi connectivity index (χ0n) is 4.69. The van der Waals surface area contributed by atoms with Crippen LogP contribution in [-0.2, 0) is 5.26 Å². The molecule has 49 valence electrons. The minimum atomic E-state index is 0.322. The van der Waals surface area contributed by atoms with E-state index >= 15 is 0 Å². The summed E-state index contributed by atoms with van der Waals surface area (Å²) in [5, 5.41) is 21.6. The molecule has 0 aromatic heterocycles. The first-order valence-corrected chi connectivity index (χ1v) is 2.32. The molecule has 3 heteroatoms. The van der Waals surface area contributed by atoms with Crippen molar-refractivity contribution in [2.24, 2.45) is 0 Å². The van der Waals surface area contributed by atoms with Crippen molar-refractivity contribution in [3.8, 4) is 5.75 Å². The maximum absolute atomic E-state index is 8.63. The van der Waals surface area contributed by atoms with Gasteiger partial charge in [0.05, 0.1) is 0 Å². The van der Waals surface area contributed by atoms with Crippen LogP contribution in [0.25, 0.3) is 0 Å². The number of hydrogen-bond acceptors (Lipinski definition) is 2. The van der Waals surface area contributed by atoms with Crippen molar-refractivity contribution in [2.75, 3.05) is 0 Å². The van der Waals surface area contributed by atoms with Crippen LogP contribution in [-0.4, -0.2) is 10.4 Å². The Kier molecular flexibility index (Phi) is 4.49. The molecule has 0 amide bonds. The summed E-state index contributed by atoms with van der Waals surface area (Å²) in [6, 6.07) is 8.71. The largest absolute Gasteiger partial charge is 0.508 e. The lowest BCUT2D eigenvalue weighted by molar-refractivity contribution is -0.247. The lowest BCUT2D eigenvalue weighted by atomic mass is 10.3. The van der Waals surface area contributed by atoms with E-state index in [4.69, 9.17) is 15.6 Å². The highest BCUT2D eigenvalue weighted by molar-refractivity contribution is 5.18. The van der Waals surface area contributed by atoms with Crippen molar-refractivity contribution in [1.82, 2.24) is 0 Å². The second-order valence-corrected chi connectivity index (χ2v) is 1.34. The third-order valence-electron chi connectivity index (χ3n) is 0.756. The molecule has 1 aromatic carbocycles. The lowest BCUT2D eigenvalue weighted by Gasteiger charge is -1.82. The first-order chi connectivity index (χ1) is 4.39. The summed E-state index contributed by atoms with van der Waals surface area (Å²) in [7, 11) is 0. The van der Waals surface area contributed by atoms with Gasteiger partial charge < -0.3 is 5.11 Å². The van der Waals surface area contributed by atoms with Crippen molar-refractivity contribution in [2.45, 2.75) is 0 Å². The fraction of sp³-hybridized carbons (Fsp3) is 0. The molecule has 0 bridgehead atoms. The maximum Gasteiger partial charge on any atom is 0.115 e. The summed E-state index contributed by atoms with van der Waals surface area (Å²) in [5.41, 5.74) is 0. The predicted molar refractivity (Wildman–Crippen MR) is 31.4 cm³/mol. The molecular formula is C6H7O3. The minimum absolute atomic E-state index is 0.322. The Morgan fingerprint density at radius 2 is 1.44 bits per heavy atom. The van der Waals surface area contributed by atoms with Gasteiger partial charge in [-0.15, -0.1) is 0 Å². The van der Waals surface area contributed by atoms with Gasteiger partial charge in [-0.1, -0.05) is 18.2 Å². The van der Waals surface area contributed by atoms with Crippen LogP contribution >= 0.6 is 0 Å². The molecule has 1 radical (unpaired) electrons. The number of para-hydroxylation sites is 1. The molecule has 0 heterocycles. The van der Waals surface area contributed by atoms with E-state index < -0.39 is 0 Å². The standard InChI is InChI=1S/C6H6O.HO2/c7-6-4-2-1-3-5-6;1-2/h1-5,7H;1H. The van der Waals surface area contributed by atoms with E-state index in [2.05, 4.69) is 0 Å². The normalized spacial score (nSPS) is 7.33. The summed E-state index contributed by atoms with van der Waals surface area (Å²) < 4.78 is 0. The average molecular weight is 127 g/mol. The Labute approximate surface area is 52.7 Å². The number of hydrogen-bond donors (Lipinski definition) is 2. The first kappa shape index (κ1) is 7.94. The van der Waals surface area contributed by atoms with Crippen LogP contribution in [0.15, 0.2) is 30.3 Å². The Balaban J connectivity index is 0.000000291. The molecule has 0 aliphatic rings. The summed E-state index contributed by atoms with van der Waals surface area (Å²) in [5.74, 6) is 0.322. The molecule has 0 fully saturated rings. The van der Waals surface area contributed by atoms with Crippen molar-refractivity contribution in [3.05, 3.63) is 30.3 Å². The lowest BCUT2D eigenvalue weighted by Crippen LogP contribution is -1.56. The third kappa shape index (κ3) is 3.52. The van der Waals surface area contributed by atoms with Gasteiger partial charge in [-0.2, -0.15) is 0 Å². The maximum atomic E-state index is 8.63. The van der Waals surface area contributed by atoms with Crippen LogP contribution in [0.2, 0.25) is 0 Å². The van der Waals surface area contributed by atoms with E-state index in [1.807, 2.05) is 6.07 Å². The summed E-state index contributed by atoms with van der Waals surface area (Å²) in [6.45, 7) is 0. The topological polar surface area (TPSA) is 60.4 Å². The summed E-state index contributed by atoms with van der Waals surface area (Å²) in [6.07, 6.45) is 0. The van der Waals surface area contributed by atoms with Gasteiger partial charge in [-0.25, -0.2) is 5.26 Å². The number of phenols is 1. The monoisotopic (exact) mass is 127 g/mol. The van der Waals surface area contributed by atoms with Crippen LogP contribution in [0.5, 0.6) is 5.75 Å². The molecule has 0 saturated heterocycles. The van der Waals surface area contributed by atoms with Gasteiger partial charge >= 0.3 is 0 Å². The second kappa shape index (κ2) is 5.08. The van der Waals surface area contributed by atoms with Gasteiger partial charge in [-0.3, -0.25) is 0 Å². The highest BCUT2D eigenvalue weighted by Gasteiger charge is 1.74. The van der Waals surface area contributed by atoms with E-state index in [9.17, 15) is 0 Å². The zero-order valence-corrected chi connectivity index (χ0v) is 4.69. The van der Waals surface area contributed by atoms with E-state index in [0.29, 0.717) is 5.75 Å². The summed E-state index contributed by atoms with van der Waals surface area (Å²) in [4.78, 5) is 0. The van der Waals surface area contributed by atoms with Gasteiger partial charge in [0.15, 0.2) is 0 Å². The number of aromatic hydroxyl groups is 1. The van der Waals surface area contributed by atoms with Crippen LogP contribution in [0.3, 0.4) is 0 Å². The molecule has 1 rings (SSSR count). The summed E-state index contributed by atoms with van der Waals surface area (Å²) >= 11 is 0. The molecule has 2 N–H and O–H groups in total. The van der Waals surface area contributed by atoms with Gasteiger partial charge in [-0.05, 0) is 17.4 Å². The highest BCUT2D eigenvalue weighted by atomic mass is 17.0. The average Bonchev–Trinajstić information content (AvgIpc) is 1.94. The van der Waals surface area contributed by atoms with Crippen LogP contribution in [0, 0.1) is 0 Å². The predicted octanol–water partition coefficient (Wildman–Crippen LogP) is 1.28. The first-order valence-electron chi connectivity index (χ1n) is 2.32. The van der Waals surface area contributed by atoms with Gasteiger partial charge in [0, 0.05) is 0 Å². The Hall–Kier alpha value is -1.06. The SMILES string of the molecule is Oc1ccccc1.[O]O. The third-order valence-corrected chi connectivity index (χ3v) is 0.756. The van der Waals surface area contributed by atoms with Crippen molar-refractivity contribution in [1.29, 1.82) is 0 Å². The Bertz CT molecular complexity index is 138. The van der Waals surface area contributed by atoms with Crippen LogP contribution in [0.1, 0.15) is 0 Å². The van der Waals surface area contributed by atoms with E-state index in [1.165, 1.54) is 0 Å². The zero-order chi connectivity index (χ0) is 7.11. The Morgan fingerprint density at radius 3 is 1.67 bits per heavy atom. The molecule has 0 aliphatic carbocycles. The quantitative estimate of drug-likeness (QED) is 0.407. The second-order valence-electron chi connectivity index (χ2n) is 1.34. The fourth-order valence-electron chi connectivity index (χ4n) is 0.428. The smallest absolute Gasteiger partial charge is 0.115 e. The number of rotatable bonds is 0. The van der Waals surface area contributed by atoms with Gasteiger partial charge in [0.25, 0.3) is 0 Å². The molecule has 0 spiro atoms. The molecule has 0 atom stereocenters. The Morgan fingerprint density at radius 1 is 1.00 bits per heavy atom. The van der Waals surface area contributed by atoms with Gasteiger partial charge in [0.2, 0.25) is 0 Å². The van der Waals surface area contributed by atoms with Crippen LogP contribution < -0.4 is 0 Å². The fourth-order valence-corrected chi connectivity index (χ4v) is 0.428. The van der Waals surface area contributed by atoms with Crippen molar-refractivity contribution in [3.63, 3.8) is 0 Å².